The molecule has 2 aliphatic rings. The quantitative estimate of drug-likeness (QED) is 0.0797. The Balaban J connectivity index is 0.000000313. The van der Waals surface area contributed by atoms with Crippen LogP contribution in [0.5, 0.6) is 0 Å². The summed E-state index contributed by atoms with van der Waals surface area (Å²) in [6, 6.07) is 20.0. The summed E-state index contributed by atoms with van der Waals surface area (Å²) in [6.07, 6.45) is 14.8. The molecule has 0 bridgehead atoms. The topological polar surface area (TPSA) is 87.9 Å². The summed E-state index contributed by atoms with van der Waals surface area (Å²) in [6.45, 7) is 34.1. The molecule has 310 valence electrons. The van der Waals surface area contributed by atoms with Gasteiger partial charge in [-0.05, 0) is 103 Å². The van der Waals surface area contributed by atoms with Gasteiger partial charge in [0.15, 0.2) is 0 Å². The second-order valence-electron chi connectivity index (χ2n) is 16.2. The first kappa shape index (κ1) is 43.9. The largest absolute Gasteiger partial charge is 0.389 e. The fraction of sp³-hybridized carbons (Fsp3) is 0.440. The van der Waals surface area contributed by atoms with Crippen LogP contribution in [0.25, 0.3) is 44.2 Å². The normalized spacial score (nSPS) is 16.5. The van der Waals surface area contributed by atoms with Gasteiger partial charge in [0.2, 0.25) is 0 Å². The van der Waals surface area contributed by atoms with Crippen molar-refractivity contribution in [2.45, 2.75) is 105 Å². The van der Waals surface area contributed by atoms with E-state index in [0.717, 1.165) is 96.3 Å². The lowest BCUT2D eigenvalue weighted by molar-refractivity contribution is 0.263. The number of nitrogens with one attached hydrogen (secondary N) is 4. The average molecular weight is 783 g/mol. The summed E-state index contributed by atoms with van der Waals surface area (Å²) in [5.74, 6) is 2.24. The molecule has 2 saturated heterocycles. The van der Waals surface area contributed by atoms with E-state index in [4.69, 9.17) is 4.98 Å². The Bertz CT molecular complexity index is 2100. The number of likely N-dealkylation sites (tertiary alicyclic amines) is 2. The highest BCUT2D eigenvalue weighted by Crippen LogP contribution is 2.37. The summed E-state index contributed by atoms with van der Waals surface area (Å²) in [4.78, 5) is 20.8. The number of hydrogen-bond donors (Lipinski definition) is 4. The molecule has 0 spiro atoms. The number of aromatic amines is 2. The maximum absolute atomic E-state index is 4.88. The van der Waals surface area contributed by atoms with E-state index in [1.54, 1.807) is 6.33 Å². The molecule has 0 aliphatic carbocycles. The predicted octanol–water partition coefficient (Wildman–Crippen LogP) is 12.1. The van der Waals surface area contributed by atoms with Crippen molar-refractivity contribution in [3.05, 3.63) is 123 Å². The molecule has 58 heavy (non-hydrogen) atoms. The van der Waals surface area contributed by atoms with Crippen LogP contribution in [-0.2, 0) is 0 Å². The Kier molecular flexibility index (Phi) is 16.3. The first-order chi connectivity index (χ1) is 28.1. The van der Waals surface area contributed by atoms with E-state index < -0.39 is 0 Å². The maximum Gasteiger partial charge on any atom is 0.129 e. The monoisotopic (exact) mass is 783 g/mol. The molecule has 8 heteroatoms. The molecule has 0 amide bonds. The van der Waals surface area contributed by atoms with E-state index >= 15 is 0 Å². The number of aromatic nitrogens is 4. The molecule has 4 N–H and O–H groups in total. The van der Waals surface area contributed by atoms with Crippen LogP contribution in [-0.4, -0.2) is 62.0 Å². The van der Waals surface area contributed by atoms with Crippen LogP contribution < -0.4 is 10.6 Å². The molecule has 0 saturated carbocycles. The molecule has 2 aromatic heterocycles. The fourth-order valence-electron chi connectivity index (χ4n) is 7.56. The number of fused-ring (bicyclic) bond motifs is 2. The molecular weight excluding hydrogens is 713 g/mol. The van der Waals surface area contributed by atoms with Crippen LogP contribution in [0, 0.1) is 11.8 Å². The second-order valence-corrected chi connectivity index (χ2v) is 16.2. The Hall–Kier alpha value is -5.24. The van der Waals surface area contributed by atoms with E-state index in [-0.39, 0.29) is 12.1 Å². The molecule has 2 aliphatic heterocycles. The molecule has 2 fully saturated rings. The SMILES string of the molecule is C=C(CC)NC[C@@H](C)CC.C=C(CC)N[C@H](C(=C)N1CCC[C@H]1c1ncc(-c2ccc3cc(-c4ccc5nc[nH]c5c4)ccc3c2)[nH]1)[C@@H](C)CC.C=CN1CCCC1. The summed E-state index contributed by atoms with van der Waals surface area (Å²) in [7, 11) is 0. The van der Waals surface area contributed by atoms with Crippen molar-refractivity contribution >= 4 is 21.8 Å². The van der Waals surface area contributed by atoms with Crippen molar-refractivity contribution in [1.82, 2.24) is 40.4 Å². The zero-order chi connectivity index (χ0) is 41.6. The van der Waals surface area contributed by atoms with E-state index in [1.165, 1.54) is 54.3 Å². The highest BCUT2D eigenvalue weighted by molar-refractivity contribution is 5.91. The zero-order valence-corrected chi connectivity index (χ0v) is 36.3. The third-order valence-electron chi connectivity index (χ3n) is 12.0. The molecule has 0 unspecified atom stereocenters. The predicted molar refractivity (Wildman–Crippen MR) is 248 cm³/mol. The lowest BCUT2D eigenvalue weighted by Gasteiger charge is -2.36. The van der Waals surface area contributed by atoms with Gasteiger partial charge in [-0.25, -0.2) is 9.97 Å². The Morgan fingerprint density at radius 2 is 1.50 bits per heavy atom. The average Bonchev–Trinajstić information content (AvgIpc) is 4.11. The molecule has 8 nitrogen and oxygen atoms in total. The van der Waals surface area contributed by atoms with Gasteiger partial charge in [-0.15, -0.1) is 0 Å². The molecular formula is C50H70N8. The standard InChI is InChI=1S/C35H40N6.C9H19N.C6H11N/c1-6-22(3)34(39-23(4)7-2)24(5)41-16-8-9-33(41)35-36-20-32(40-35)29-13-12-25-17-26(10-11-27(25)18-29)28-14-15-30-31(19-28)38-21-37-30;1-5-8(3)7-10-9(4)6-2;1-2-7-5-3-4-6-7/h10-15,17-22,33-34,39H,4-9,16H2,1-3H3,(H,36,40)(H,37,38);8,10H,4-7H2,1-3H3;2H,1,3-6H2/t22-,33-,34-;8-;/m00./s1. The van der Waals surface area contributed by atoms with Crippen molar-refractivity contribution in [1.29, 1.82) is 0 Å². The number of nitrogens with zero attached hydrogens (tertiary/aromatic N) is 4. The van der Waals surface area contributed by atoms with Gasteiger partial charge in [0.1, 0.15) is 5.82 Å². The van der Waals surface area contributed by atoms with Gasteiger partial charge < -0.3 is 30.4 Å². The molecule has 0 radical (unpaired) electrons. The third-order valence-corrected chi connectivity index (χ3v) is 12.0. The van der Waals surface area contributed by atoms with E-state index in [1.807, 2.05) is 12.4 Å². The van der Waals surface area contributed by atoms with Crippen LogP contribution >= 0.6 is 0 Å². The van der Waals surface area contributed by atoms with Crippen LogP contribution in [0.4, 0.5) is 0 Å². The Morgan fingerprint density at radius 1 is 0.828 bits per heavy atom. The van der Waals surface area contributed by atoms with Crippen molar-refractivity contribution in [2.24, 2.45) is 11.8 Å². The highest BCUT2D eigenvalue weighted by Gasteiger charge is 2.33. The van der Waals surface area contributed by atoms with E-state index in [0.29, 0.717) is 5.92 Å². The number of H-pyrrole nitrogens is 2. The maximum atomic E-state index is 4.88. The van der Waals surface area contributed by atoms with Crippen molar-refractivity contribution in [3.63, 3.8) is 0 Å². The van der Waals surface area contributed by atoms with Crippen LogP contribution in [0.3, 0.4) is 0 Å². The summed E-state index contributed by atoms with van der Waals surface area (Å²) >= 11 is 0. The number of imidazole rings is 2. The molecule has 4 atom stereocenters. The van der Waals surface area contributed by atoms with Gasteiger partial charge in [-0.3, -0.25) is 0 Å². The van der Waals surface area contributed by atoms with Crippen molar-refractivity contribution < 1.29 is 0 Å². The first-order valence-electron chi connectivity index (χ1n) is 21.8. The van der Waals surface area contributed by atoms with Gasteiger partial charge >= 0.3 is 0 Å². The van der Waals surface area contributed by atoms with E-state index in [2.05, 4.69) is 158 Å². The van der Waals surface area contributed by atoms with Crippen molar-refractivity contribution in [2.75, 3.05) is 26.2 Å². The second kappa shape index (κ2) is 21.5. The smallest absolute Gasteiger partial charge is 0.129 e. The fourth-order valence-corrected chi connectivity index (χ4v) is 7.56. The van der Waals surface area contributed by atoms with Gasteiger partial charge in [0.25, 0.3) is 0 Å². The minimum absolute atomic E-state index is 0.175. The van der Waals surface area contributed by atoms with Crippen LogP contribution in [0.1, 0.15) is 105 Å². The van der Waals surface area contributed by atoms with Crippen LogP contribution in [0.2, 0.25) is 0 Å². The van der Waals surface area contributed by atoms with Crippen molar-refractivity contribution in [3.8, 4) is 22.4 Å². The first-order valence-corrected chi connectivity index (χ1v) is 21.8. The number of benzene rings is 3. The minimum atomic E-state index is 0.175. The number of hydrogen-bond acceptors (Lipinski definition) is 6. The Morgan fingerprint density at radius 3 is 2.16 bits per heavy atom. The van der Waals surface area contributed by atoms with Crippen LogP contribution in [0.15, 0.2) is 117 Å². The lowest BCUT2D eigenvalue weighted by atomic mass is 9.95. The van der Waals surface area contributed by atoms with Gasteiger partial charge in [-0.1, -0.05) is 111 Å². The molecule has 7 rings (SSSR count). The van der Waals surface area contributed by atoms with Gasteiger partial charge in [0.05, 0.1) is 41.3 Å². The number of allylic oxidation sites excluding steroid dienone is 2. The molecule has 4 heterocycles. The third kappa shape index (κ3) is 11.5. The summed E-state index contributed by atoms with van der Waals surface area (Å²) < 4.78 is 0. The molecule has 3 aromatic carbocycles. The number of rotatable bonds is 16. The molecule has 5 aromatic rings. The summed E-state index contributed by atoms with van der Waals surface area (Å²) in [5, 5.41) is 9.37. The minimum Gasteiger partial charge on any atom is -0.389 e. The Labute approximate surface area is 349 Å². The highest BCUT2D eigenvalue weighted by atomic mass is 15.2. The van der Waals surface area contributed by atoms with Gasteiger partial charge in [-0.2, -0.15) is 0 Å². The zero-order valence-electron chi connectivity index (χ0n) is 36.3. The van der Waals surface area contributed by atoms with Gasteiger partial charge in [0, 0.05) is 48.8 Å². The lowest BCUT2D eigenvalue weighted by Crippen LogP contribution is -2.42. The summed E-state index contributed by atoms with van der Waals surface area (Å²) in [5.41, 5.74) is 9.96. The van der Waals surface area contributed by atoms with E-state index in [9.17, 15) is 0 Å².